The highest BCUT2D eigenvalue weighted by Gasteiger charge is 2.47. The molecule has 33 heavy (non-hydrogen) atoms. The van der Waals surface area contributed by atoms with E-state index < -0.39 is 44.2 Å². The minimum atomic E-state index is -5.57. The van der Waals surface area contributed by atoms with Gasteiger partial charge < -0.3 is 9.64 Å². The topological polar surface area (TPSA) is 114 Å². The molecule has 0 bridgehead atoms. The van der Waals surface area contributed by atoms with Crippen molar-refractivity contribution in [1.29, 1.82) is 0 Å². The number of imide groups is 1. The average Bonchev–Trinajstić information content (AvgIpc) is 2.96. The van der Waals surface area contributed by atoms with Gasteiger partial charge in [-0.1, -0.05) is 0 Å². The number of carbonyl (C=O) groups excluding carboxylic acids is 3. The van der Waals surface area contributed by atoms with Crippen LogP contribution in [0.2, 0.25) is 0 Å². The zero-order valence-corrected chi connectivity index (χ0v) is 18.2. The van der Waals surface area contributed by atoms with E-state index in [4.69, 9.17) is 4.74 Å². The van der Waals surface area contributed by atoms with Crippen molar-refractivity contribution < 1.29 is 40.7 Å². The molecule has 0 aliphatic carbocycles. The highest BCUT2D eigenvalue weighted by Crippen LogP contribution is 2.33. The summed E-state index contributed by atoms with van der Waals surface area (Å²) in [6.07, 6.45) is 2.68. The third-order valence-corrected chi connectivity index (χ3v) is 6.44. The fourth-order valence-electron chi connectivity index (χ4n) is 3.20. The molecule has 0 radical (unpaired) electrons. The Bertz CT molecular complexity index is 1200. The molecule has 0 saturated carbocycles. The van der Waals surface area contributed by atoms with Gasteiger partial charge in [0.15, 0.2) is 0 Å². The van der Waals surface area contributed by atoms with E-state index in [1.54, 1.807) is 6.92 Å². The van der Waals surface area contributed by atoms with Gasteiger partial charge in [-0.25, -0.2) is 22.9 Å². The first-order valence-corrected chi connectivity index (χ1v) is 11.0. The van der Waals surface area contributed by atoms with Crippen LogP contribution >= 0.6 is 0 Å². The number of benzene rings is 1. The zero-order chi connectivity index (χ0) is 24.6. The van der Waals surface area contributed by atoms with Crippen LogP contribution in [0.4, 0.5) is 23.7 Å². The van der Waals surface area contributed by atoms with Crippen LogP contribution in [-0.2, 0) is 25.9 Å². The van der Waals surface area contributed by atoms with Crippen molar-refractivity contribution in [3.8, 4) is 0 Å². The summed E-state index contributed by atoms with van der Waals surface area (Å²) < 4.78 is 66.3. The fourth-order valence-corrected chi connectivity index (χ4v) is 3.96. The van der Waals surface area contributed by atoms with E-state index >= 15 is 0 Å². The van der Waals surface area contributed by atoms with Gasteiger partial charge in [-0.05, 0) is 49.7 Å². The first-order chi connectivity index (χ1) is 15.4. The van der Waals surface area contributed by atoms with Crippen LogP contribution in [0.25, 0.3) is 0 Å². The normalized spacial score (nSPS) is 16.9. The lowest BCUT2D eigenvalue weighted by Crippen LogP contribution is -2.34. The number of esters is 1. The van der Waals surface area contributed by atoms with E-state index in [0.29, 0.717) is 17.7 Å². The Kier molecular flexibility index (Phi) is 6.45. The number of carbonyl (C=O) groups is 3. The van der Waals surface area contributed by atoms with Crippen molar-refractivity contribution in [2.24, 2.45) is 0 Å². The van der Waals surface area contributed by atoms with Gasteiger partial charge >= 0.3 is 17.5 Å². The molecular weight excluding hydrogens is 467 g/mol. The number of nitrogens with zero attached hydrogens (tertiary/aromatic N) is 3. The number of hydrogen-bond donors (Lipinski definition) is 0. The number of rotatable bonds is 6. The maximum absolute atomic E-state index is 13.0. The predicted octanol–water partition coefficient (Wildman–Crippen LogP) is 2.91. The summed E-state index contributed by atoms with van der Waals surface area (Å²) >= 11 is 0. The Hall–Kier alpha value is -3.48. The monoisotopic (exact) mass is 485 g/mol. The molecule has 1 aliphatic rings. The first-order valence-electron chi connectivity index (χ1n) is 9.56. The van der Waals surface area contributed by atoms with E-state index in [0.717, 1.165) is 17.0 Å². The number of ether oxygens (including phenoxy) is 1. The summed E-state index contributed by atoms with van der Waals surface area (Å²) in [5.41, 5.74) is -5.09. The first kappa shape index (κ1) is 24.2. The average molecular weight is 485 g/mol. The van der Waals surface area contributed by atoms with E-state index in [1.165, 1.54) is 30.3 Å². The van der Waals surface area contributed by atoms with Crippen LogP contribution in [0.3, 0.4) is 0 Å². The van der Waals surface area contributed by atoms with Gasteiger partial charge in [0.1, 0.15) is 6.04 Å². The van der Waals surface area contributed by atoms with Gasteiger partial charge in [0.05, 0.1) is 22.8 Å². The van der Waals surface area contributed by atoms with Crippen molar-refractivity contribution in [3.63, 3.8) is 0 Å². The summed E-state index contributed by atoms with van der Waals surface area (Å²) in [4.78, 5) is 42.6. The third-order valence-electron chi connectivity index (χ3n) is 4.94. The fraction of sp³-hybridized carbons (Fsp3) is 0.300. The lowest BCUT2D eigenvalue weighted by molar-refractivity contribution is -0.119. The Morgan fingerprint density at radius 3 is 2.36 bits per heavy atom. The van der Waals surface area contributed by atoms with Crippen LogP contribution in [0.15, 0.2) is 47.6 Å². The molecule has 3 amide bonds. The summed E-state index contributed by atoms with van der Waals surface area (Å²) in [5, 5.41) is 0. The van der Waals surface area contributed by atoms with Gasteiger partial charge in [0.25, 0.3) is 15.7 Å². The minimum absolute atomic E-state index is 0.0965. The molecule has 1 saturated heterocycles. The lowest BCUT2D eigenvalue weighted by atomic mass is 10.1. The molecule has 1 atom stereocenters. The van der Waals surface area contributed by atoms with Crippen molar-refractivity contribution in [2.75, 3.05) is 11.5 Å². The number of halogens is 3. The van der Waals surface area contributed by atoms with Crippen LogP contribution in [0.1, 0.15) is 29.8 Å². The molecule has 1 fully saturated rings. The molecule has 1 aliphatic heterocycles. The maximum atomic E-state index is 13.0. The lowest BCUT2D eigenvalue weighted by Gasteiger charge is -2.20. The molecule has 1 unspecified atom stereocenters. The zero-order valence-electron chi connectivity index (χ0n) is 17.4. The highest BCUT2D eigenvalue weighted by molar-refractivity contribution is 7.92. The Labute approximate surface area is 186 Å². The summed E-state index contributed by atoms with van der Waals surface area (Å²) in [6.45, 7) is 3.06. The van der Waals surface area contributed by atoms with E-state index in [2.05, 4.69) is 4.98 Å². The largest absolute Gasteiger partial charge is 0.501 e. The molecule has 13 heteroatoms. The quantitative estimate of drug-likeness (QED) is 0.457. The molecule has 0 N–H and O–H groups in total. The van der Waals surface area contributed by atoms with Gasteiger partial charge in [0.2, 0.25) is 0 Å². The van der Waals surface area contributed by atoms with Crippen molar-refractivity contribution in [3.05, 3.63) is 53.9 Å². The van der Waals surface area contributed by atoms with Crippen molar-refractivity contribution in [2.45, 2.75) is 36.8 Å². The second kappa shape index (κ2) is 8.81. The predicted molar refractivity (Wildman–Crippen MR) is 108 cm³/mol. The molecule has 1 aromatic carbocycles. The smallest absolute Gasteiger partial charge is 0.462 e. The van der Waals surface area contributed by atoms with Crippen molar-refractivity contribution >= 4 is 33.4 Å². The standard InChI is InChI=1S/C20H18F3N3O6S/c1-3-32-18(28)16-10-24-9-8-13(16)11-25-12(2)17(27)26(19(25)29)14-4-6-15(7-5-14)33(30,31)20(21,22)23/h4-10,12H,3,11H2,1-2H3. The summed E-state index contributed by atoms with van der Waals surface area (Å²) in [6, 6.07) is 2.99. The highest BCUT2D eigenvalue weighted by atomic mass is 32.2. The van der Waals surface area contributed by atoms with E-state index in [-0.39, 0.29) is 24.4 Å². The van der Waals surface area contributed by atoms with Crippen LogP contribution in [0, 0.1) is 0 Å². The second-order valence-corrected chi connectivity index (χ2v) is 8.90. The molecule has 9 nitrogen and oxygen atoms in total. The Morgan fingerprint density at radius 2 is 1.79 bits per heavy atom. The third kappa shape index (κ3) is 4.40. The van der Waals surface area contributed by atoms with Crippen LogP contribution < -0.4 is 4.90 Å². The molecular formula is C20H18F3N3O6S. The SMILES string of the molecule is CCOC(=O)c1cnccc1CN1C(=O)N(c2ccc(S(=O)(=O)C(F)(F)F)cc2)C(=O)C1C. The Balaban J connectivity index is 1.89. The Morgan fingerprint density at radius 1 is 1.15 bits per heavy atom. The number of sulfone groups is 1. The summed E-state index contributed by atoms with van der Waals surface area (Å²) in [5.74, 6) is -1.32. The number of urea groups is 1. The molecule has 3 rings (SSSR count). The van der Waals surface area contributed by atoms with Gasteiger partial charge in [-0.3, -0.25) is 9.78 Å². The molecule has 2 aromatic rings. The number of aromatic nitrogens is 1. The van der Waals surface area contributed by atoms with Gasteiger partial charge in [0, 0.05) is 18.9 Å². The summed E-state index contributed by atoms with van der Waals surface area (Å²) in [7, 11) is -5.57. The number of alkyl halides is 3. The number of hydrogen-bond acceptors (Lipinski definition) is 7. The van der Waals surface area contributed by atoms with Crippen molar-refractivity contribution in [1.82, 2.24) is 9.88 Å². The molecule has 0 spiro atoms. The number of pyridine rings is 1. The molecule has 1 aromatic heterocycles. The number of anilines is 1. The van der Waals surface area contributed by atoms with Crippen LogP contribution in [-0.4, -0.2) is 54.4 Å². The maximum Gasteiger partial charge on any atom is 0.501 e. The second-order valence-electron chi connectivity index (χ2n) is 6.96. The van der Waals surface area contributed by atoms with E-state index in [1.807, 2.05) is 0 Å². The van der Waals surface area contributed by atoms with Gasteiger partial charge in [-0.15, -0.1) is 0 Å². The molecule has 2 heterocycles. The number of amides is 3. The van der Waals surface area contributed by atoms with Crippen LogP contribution in [0.5, 0.6) is 0 Å². The van der Waals surface area contributed by atoms with Gasteiger partial charge in [-0.2, -0.15) is 13.2 Å². The minimum Gasteiger partial charge on any atom is -0.462 e. The molecule has 176 valence electrons. The van der Waals surface area contributed by atoms with E-state index in [9.17, 15) is 36.0 Å².